The highest BCUT2D eigenvalue weighted by molar-refractivity contribution is 5.98. The first kappa shape index (κ1) is 18.4. The number of aryl methyl sites for hydroxylation is 1. The summed E-state index contributed by atoms with van der Waals surface area (Å²) >= 11 is 0. The molecule has 1 aromatic carbocycles. The van der Waals surface area contributed by atoms with Crippen LogP contribution in [0.1, 0.15) is 18.4 Å². The number of benzene rings is 1. The Kier molecular flexibility index (Phi) is 6.05. The summed E-state index contributed by atoms with van der Waals surface area (Å²) < 4.78 is 32.4. The molecule has 0 aliphatic heterocycles. The first-order chi connectivity index (χ1) is 11.9. The second kappa shape index (κ2) is 8.23. The molecule has 132 valence electrons. The molecular formula is C18H18F2N2O3. The summed E-state index contributed by atoms with van der Waals surface area (Å²) in [6, 6.07) is 6.75. The number of para-hydroxylation sites is 1. The molecule has 0 radical (unpaired) electrons. The molecule has 2 amide bonds. The molecule has 0 aliphatic rings. The van der Waals surface area contributed by atoms with Crippen LogP contribution in [-0.4, -0.2) is 29.8 Å². The number of likely N-dealkylation sites (N-methyl/N-ethyl adjacent to an activating group) is 1. The first-order valence-electron chi connectivity index (χ1n) is 7.68. The fraction of sp³-hybridized carbons (Fsp3) is 0.222. The lowest BCUT2D eigenvalue weighted by atomic mass is 10.3. The Balaban J connectivity index is 1.99. The second-order valence-electron chi connectivity index (χ2n) is 5.28. The number of anilines is 1. The van der Waals surface area contributed by atoms with Gasteiger partial charge in [-0.05, 0) is 44.2 Å². The zero-order chi connectivity index (χ0) is 18.4. The Bertz CT molecular complexity index is 779. The molecule has 0 saturated carbocycles. The van der Waals surface area contributed by atoms with Crippen LogP contribution in [0.4, 0.5) is 14.5 Å². The molecular weight excluding hydrogens is 330 g/mol. The predicted molar refractivity (Wildman–Crippen MR) is 89.7 cm³/mol. The second-order valence-corrected chi connectivity index (χ2v) is 5.28. The van der Waals surface area contributed by atoms with Crippen molar-refractivity contribution in [2.45, 2.75) is 13.8 Å². The van der Waals surface area contributed by atoms with E-state index in [0.717, 1.165) is 12.1 Å². The molecule has 1 N–H and O–H groups in total. The van der Waals surface area contributed by atoms with E-state index in [9.17, 15) is 18.4 Å². The number of carbonyl (C=O) groups is 2. The molecule has 0 aliphatic carbocycles. The fourth-order valence-corrected chi connectivity index (χ4v) is 2.12. The molecule has 5 nitrogen and oxygen atoms in total. The lowest BCUT2D eigenvalue weighted by molar-refractivity contribution is -0.130. The summed E-state index contributed by atoms with van der Waals surface area (Å²) in [6.45, 7) is 3.40. The molecule has 25 heavy (non-hydrogen) atoms. The van der Waals surface area contributed by atoms with Gasteiger partial charge < -0.3 is 14.6 Å². The standard InChI is InChI=1S/C18H18F2N2O3/c1-3-22(17(24)10-9-13-8-7-12(2)25-13)11-16(23)21-18-14(19)5-4-6-15(18)20/h4-10H,3,11H2,1-2H3,(H,21,23). The smallest absolute Gasteiger partial charge is 0.247 e. The third-order valence-corrected chi connectivity index (χ3v) is 3.41. The van der Waals surface area contributed by atoms with Crippen LogP contribution in [0.2, 0.25) is 0 Å². The van der Waals surface area contributed by atoms with E-state index in [1.807, 2.05) is 0 Å². The zero-order valence-corrected chi connectivity index (χ0v) is 13.9. The Labute approximate surface area is 143 Å². The topological polar surface area (TPSA) is 62.6 Å². The van der Waals surface area contributed by atoms with Gasteiger partial charge in [-0.2, -0.15) is 0 Å². The van der Waals surface area contributed by atoms with Crippen molar-refractivity contribution >= 4 is 23.6 Å². The van der Waals surface area contributed by atoms with Crippen molar-refractivity contribution in [2.75, 3.05) is 18.4 Å². The molecule has 1 heterocycles. The molecule has 2 aromatic rings. The summed E-state index contributed by atoms with van der Waals surface area (Å²) in [6.07, 6.45) is 2.77. The van der Waals surface area contributed by atoms with Gasteiger partial charge in [-0.15, -0.1) is 0 Å². The maximum absolute atomic E-state index is 13.5. The van der Waals surface area contributed by atoms with Gasteiger partial charge in [0.15, 0.2) is 0 Å². The van der Waals surface area contributed by atoms with Gasteiger partial charge in [0.1, 0.15) is 35.4 Å². The highest BCUT2D eigenvalue weighted by Gasteiger charge is 2.16. The molecule has 1 aromatic heterocycles. The Hall–Kier alpha value is -2.96. The molecule has 7 heteroatoms. The molecule has 0 fully saturated rings. The van der Waals surface area contributed by atoms with E-state index in [0.29, 0.717) is 11.5 Å². The number of hydrogen-bond acceptors (Lipinski definition) is 3. The summed E-state index contributed by atoms with van der Waals surface area (Å²) in [7, 11) is 0. The number of hydrogen-bond donors (Lipinski definition) is 1. The zero-order valence-electron chi connectivity index (χ0n) is 13.9. The van der Waals surface area contributed by atoms with E-state index in [2.05, 4.69) is 5.32 Å². The molecule has 0 unspecified atom stereocenters. The van der Waals surface area contributed by atoms with Gasteiger partial charge in [-0.1, -0.05) is 6.07 Å². The van der Waals surface area contributed by atoms with E-state index in [1.165, 1.54) is 23.1 Å². The molecule has 0 bridgehead atoms. The molecule has 0 spiro atoms. The molecule has 0 saturated heterocycles. The van der Waals surface area contributed by atoms with Crippen LogP contribution in [0.25, 0.3) is 6.08 Å². The average molecular weight is 348 g/mol. The van der Waals surface area contributed by atoms with Crippen molar-refractivity contribution in [3.05, 3.63) is 59.6 Å². The number of rotatable bonds is 6. The van der Waals surface area contributed by atoms with Crippen molar-refractivity contribution in [1.29, 1.82) is 0 Å². The highest BCUT2D eigenvalue weighted by atomic mass is 19.1. The van der Waals surface area contributed by atoms with Crippen LogP contribution >= 0.6 is 0 Å². The largest absolute Gasteiger partial charge is 0.462 e. The van der Waals surface area contributed by atoms with Gasteiger partial charge in [-0.3, -0.25) is 9.59 Å². The van der Waals surface area contributed by atoms with Crippen LogP contribution in [0, 0.1) is 18.6 Å². The van der Waals surface area contributed by atoms with Crippen molar-refractivity contribution in [1.82, 2.24) is 4.90 Å². The fourth-order valence-electron chi connectivity index (χ4n) is 2.12. The quantitative estimate of drug-likeness (QED) is 0.814. The third-order valence-electron chi connectivity index (χ3n) is 3.41. The van der Waals surface area contributed by atoms with Gasteiger partial charge in [-0.25, -0.2) is 8.78 Å². The first-order valence-corrected chi connectivity index (χ1v) is 7.68. The Morgan fingerprint density at radius 3 is 2.44 bits per heavy atom. The van der Waals surface area contributed by atoms with Gasteiger partial charge >= 0.3 is 0 Å². The summed E-state index contributed by atoms with van der Waals surface area (Å²) in [5.74, 6) is -1.64. The monoisotopic (exact) mass is 348 g/mol. The van der Waals surface area contributed by atoms with Crippen LogP contribution in [0.3, 0.4) is 0 Å². The Morgan fingerprint density at radius 2 is 1.88 bits per heavy atom. The lowest BCUT2D eigenvalue weighted by Crippen LogP contribution is -2.37. The Morgan fingerprint density at radius 1 is 1.20 bits per heavy atom. The number of furan rings is 1. The molecule has 2 rings (SSSR count). The number of amides is 2. The summed E-state index contributed by atoms with van der Waals surface area (Å²) in [5.41, 5.74) is -0.530. The minimum atomic E-state index is -0.879. The van der Waals surface area contributed by atoms with Crippen LogP contribution in [0.5, 0.6) is 0 Å². The van der Waals surface area contributed by atoms with Crippen molar-refractivity contribution in [3.8, 4) is 0 Å². The normalized spacial score (nSPS) is 10.9. The minimum Gasteiger partial charge on any atom is -0.462 e. The van der Waals surface area contributed by atoms with E-state index in [-0.39, 0.29) is 13.1 Å². The van der Waals surface area contributed by atoms with E-state index in [1.54, 1.807) is 26.0 Å². The van der Waals surface area contributed by atoms with Crippen molar-refractivity contribution in [2.24, 2.45) is 0 Å². The van der Waals surface area contributed by atoms with Gasteiger partial charge in [0.2, 0.25) is 11.8 Å². The number of halogens is 2. The number of carbonyl (C=O) groups excluding carboxylic acids is 2. The predicted octanol–water partition coefficient (Wildman–Crippen LogP) is 3.37. The van der Waals surface area contributed by atoms with Gasteiger partial charge in [0, 0.05) is 12.6 Å². The molecule has 0 atom stereocenters. The van der Waals surface area contributed by atoms with Crippen LogP contribution in [-0.2, 0) is 9.59 Å². The van der Waals surface area contributed by atoms with E-state index in [4.69, 9.17) is 4.42 Å². The van der Waals surface area contributed by atoms with Crippen molar-refractivity contribution < 1.29 is 22.8 Å². The van der Waals surface area contributed by atoms with Gasteiger partial charge in [0.05, 0.1) is 0 Å². The number of nitrogens with zero attached hydrogens (tertiary/aromatic N) is 1. The summed E-state index contributed by atoms with van der Waals surface area (Å²) in [4.78, 5) is 25.4. The lowest BCUT2D eigenvalue weighted by Gasteiger charge is -2.18. The maximum atomic E-state index is 13.5. The summed E-state index contributed by atoms with van der Waals surface area (Å²) in [5, 5.41) is 2.15. The SMILES string of the molecule is CCN(CC(=O)Nc1c(F)cccc1F)C(=O)C=Cc1ccc(C)o1. The van der Waals surface area contributed by atoms with Crippen molar-refractivity contribution in [3.63, 3.8) is 0 Å². The van der Waals surface area contributed by atoms with Crippen LogP contribution in [0.15, 0.2) is 40.8 Å². The van der Waals surface area contributed by atoms with E-state index >= 15 is 0 Å². The highest BCUT2D eigenvalue weighted by Crippen LogP contribution is 2.17. The third kappa shape index (κ3) is 5.00. The van der Waals surface area contributed by atoms with Gasteiger partial charge in [0.25, 0.3) is 0 Å². The average Bonchev–Trinajstić information content (AvgIpc) is 2.99. The number of nitrogens with one attached hydrogen (secondary N) is 1. The minimum absolute atomic E-state index is 0.257. The van der Waals surface area contributed by atoms with Crippen LogP contribution < -0.4 is 5.32 Å². The maximum Gasteiger partial charge on any atom is 0.247 e. The van der Waals surface area contributed by atoms with E-state index < -0.39 is 29.1 Å².